The molecule has 2 fully saturated rings. The number of nitrogens with zero attached hydrogens (tertiary/aromatic N) is 3. The van der Waals surface area contributed by atoms with E-state index in [0.29, 0.717) is 32.6 Å². The fourth-order valence-corrected chi connectivity index (χ4v) is 5.12. The zero-order valence-corrected chi connectivity index (χ0v) is 16.3. The van der Waals surface area contributed by atoms with Crippen molar-refractivity contribution in [2.75, 3.05) is 51.3 Å². The van der Waals surface area contributed by atoms with Crippen LogP contribution in [0.25, 0.3) is 0 Å². The first-order chi connectivity index (χ1) is 12.2. The van der Waals surface area contributed by atoms with Crippen LogP contribution >= 0.6 is 0 Å². The Kier molecular flexibility index (Phi) is 6.62. The number of carbonyl (C=O) groups excluding carboxylic acids is 3. The minimum absolute atomic E-state index is 0.0176. The van der Waals surface area contributed by atoms with Crippen molar-refractivity contribution >= 4 is 27.6 Å². The molecule has 2 aliphatic heterocycles. The second kappa shape index (κ2) is 8.34. The molecule has 9 nitrogen and oxygen atoms in total. The summed E-state index contributed by atoms with van der Waals surface area (Å²) in [5.41, 5.74) is 0. The third-order valence-electron chi connectivity index (χ3n) is 5.06. The molecule has 0 aromatic rings. The topological polar surface area (TPSA) is 104 Å². The van der Waals surface area contributed by atoms with Crippen molar-refractivity contribution in [3.63, 3.8) is 0 Å². The maximum Gasteiger partial charge on any atom is 0.397 e. The molecule has 0 aliphatic carbocycles. The van der Waals surface area contributed by atoms with Gasteiger partial charge in [0.1, 0.15) is 0 Å². The quantitative estimate of drug-likeness (QED) is 0.436. The van der Waals surface area contributed by atoms with E-state index in [0.717, 1.165) is 0 Å². The Balaban J connectivity index is 1.87. The van der Waals surface area contributed by atoms with Gasteiger partial charge in [-0.15, -0.1) is 0 Å². The van der Waals surface area contributed by atoms with Gasteiger partial charge < -0.3 is 14.5 Å². The van der Waals surface area contributed by atoms with Crippen molar-refractivity contribution in [3.8, 4) is 0 Å². The summed E-state index contributed by atoms with van der Waals surface area (Å²) >= 11 is 0. The third-order valence-corrected chi connectivity index (χ3v) is 6.81. The highest BCUT2D eigenvalue weighted by molar-refractivity contribution is 7.91. The van der Waals surface area contributed by atoms with Gasteiger partial charge in [-0.05, 0) is 20.3 Å². The molecule has 2 amide bonds. The average molecular weight is 389 g/mol. The molecule has 0 spiro atoms. The number of amides is 2. The van der Waals surface area contributed by atoms with Crippen LogP contribution in [0, 0.1) is 0 Å². The fourth-order valence-electron chi connectivity index (χ4n) is 3.35. The second-order valence-corrected chi connectivity index (χ2v) is 8.96. The van der Waals surface area contributed by atoms with Crippen LogP contribution in [0.2, 0.25) is 0 Å². The van der Waals surface area contributed by atoms with E-state index in [1.54, 1.807) is 20.9 Å². The van der Waals surface area contributed by atoms with E-state index in [4.69, 9.17) is 4.74 Å². The van der Waals surface area contributed by atoms with Crippen molar-refractivity contribution in [2.45, 2.75) is 32.4 Å². The molecule has 0 aromatic carbocycles. The molecule has 26 heavy (non-hydrogen) atoms. The Morgan fingerprint density at radius 1 is 1.19 bits per heavy atom. The molecule has 2 rings (SSSR count). The zero-order chi connectivity index (χ0) is 19.5. The van der Waals surface area contributed by atoms with Crippen LogP contribution in [-0.2, 0) is 29.0 Å². The third kappa shape index (κ3) is 4.73. The zero-order valence-electron chi connectivity index (χ0n) is 15.5. The molecule has 2 heterocycles. The highest BCUT2D eigenvalue weighted by Crippen LogP contribution is 2.18. The number of likely N-dealkylation sites (N-methyl/N-ethyl adjacent to an activating group) is 1. The van der Waals surface area contributed by atoms with Gasteiger partial charge in [0.25, 0.3) is 0 Å². The Bertz CT molecular complexity index is 657. The van der Waals surface area contributed by atoms with Crippen molar-refractivity contribution in [1.29, 1.82) is 0 Å². The molecule has 0 bridgehead atoms. The summed E-state index contributed by atoms with van der Waals surface area (Å²) in [5.74, 6) is -1.49. The van der Waals surface area contributed by atoms with Crippen molar-refractivity contribution in [2.24, 2.45) is 0 Å². The Morgan fingerprint density at radius 2 is 1.81 bits per heavy atom. The number of hydrogen-bond acceptors (Lipinski definition) is 7. The van der Waals surface area contributed by atoms with Crippen LogP contribution in [0.3, 0.4) is 0 Å². The molecule has 0 aromatic heterocycles. The summed E-state index contributed by atoms with van der Waals surface area (Å²) < 4.78 is 28.0. The minimum atomic E-state index is -3.05. The molecule has 148 valence electrons. The van der Waals surface area contributed by atoms with Crippen LogP contribution in [0.15, 0.2) is 0 Å². The van der Waals surface area contributed by atoms with Crippen molar-refractivity contribution in [1.82, 2.24) is 14.7 Å². The monoisotopic (exact) mass is 389 g/mol. The lowest BCUT2D eigenvalue weighted by molar-refractivity contribution is -0.161. The Hall–Kier alpha value is -1.68. The van der Waals surface area contributed by atoms with Crippen LogP contribution in [0.4, 0.5) is 0 Å². The maximum absolute atomic E-state index is 12.7. The van der Waals surface area contributed by atoms with E-state index in [-0.39, 0.29) is 30.1 Å². The first-order valence-corrected chi connectivity index (χ1v) is 10.7. The molecule has 0 radical (unpaired) electrons. The molecule has 2 atom stereocenters. The van der Waals surface area contributed by atoms with Crippen molar-refractivity contribution < 1.29 is 27.5 Å². The summed E-state index contributed by atoms with van der Waals surface area (Å²) in [6, 6.07) is -0.690. The smallest absolute Gasteiger partial charge is 0.397 e. The fraction of sp³-hybridized carbons (Fsp3) is 0.812. The van der Waals surface area contributed by atoms with E-state index >= 15 is 0 Å². The van der Waals surface area contributed by atoms with Gasteiger partial charge in [-0.2, -0.15) is 0 Å². The lowest BCUT2D eigenvalue weighted by atomic mass is 10.1. The average Bonchev–Trinajstić information content (AvgIpc) is 2.99. The number of sulfone groups is 1. The van der Waals surface area contributed by atoms with E-state index < -0.39 is 27.8 Å². The van der Waals surface area contributed by atoms with Gasteiger partial charge in [-0.1, -0.05) is 0 Å². The van der Waals surface area contributed by atoms with Gasteiger partial charge in [-0.3, -0.25) is 14.5 Å². The second-order valence-electron chi connectivity index (χ2n) is 6.73. The van der Waals surface area contributed by atoms with Crippen LogP contribution in [0.5, 0.6) is 0 Å². The van der Waals surface area contributed by atoms with Gasteiger partial charge in [0, 0.05) is 39.3 Å². The molecule has 2 aliphatic rings. The summed E-state index contributed by atoms with van der Waals surface area (Å²) in [6.07, 6.45) is 0.471. The van der Waals surface area contributed by atoms with E-state index in [9.17, 15) is 22.8 Å². The summed E-state index contributed by atoms with van der Waals surface area (Å²) in [5, 5.41) is 0. The molecule has 0 saturated carbocycles. The van der Waals surface area contributed by atoms with Gasteiger partial charge in [0.2, 0.25) is 5.91 Å². The lowest BCUT2D eigenvalue weighted by Gasteiger charge is -2.38. The van der Waals surface area contributed by atoms with Gasteiger partial charge in [0.15, 0.2) is 9.84 Å². The van der Waals surface area contributed by atoms with Gasteiger partial charge in [0.05, 0.1) is 24.2 Å². The van der Waals surface area contributed by atoms with E-state index in [1.807, 2.05) is 4.90 Å². The van der Waals surface area contributed by atoms with Crippen LogP contribution < -0.4 is 0 Å². The highest BCUT2D eigenvalue weighted by atomic mass is 32.2. The predicted octanol–water partition coefficient (Wildman–Crippen LogP) is -1.27. The van der Waals surface area contributed by atoms with Gasteiger partial charge >= 0.3 is 11.9 Å². The standard InChI is InChI=1S/C16H27N3O6S/c1-4-25-16(22)15(21)19-8-6-18(7-9-19)12(2)14(20)17(3)13-5-10-26(23,24)11-13/h12-13H,4-11H2,1-3H3. The number of rotatable bonds is 4. The Morgan fingerprint density at radius 3 is 2.31 bits per heavy atom. The number of hydrogen-bond donors (Lipinski definition) is 0. The van der Waals surface area contributed by atoms with Crippen LogP contribution in [-0.4, -0.2) is 104 Å². The van der Waals surface area contributed by atoms with Gasteiger partial charge in [-0.25, -0.2) is 13.2 Å². The molecule has 2 saturated heterocycles. The molecule has 0 N–H and O–H groups in total. The highest BCUT2D eigenvalue weighted by Gasteiger charge is 2.36. The van der Waals surface area contributed by atoms with Crippen LogP contribution in [0.1, 0.15) is 20.3 Å². The van der Waals surface area contributed by atoms with E-state index in [2.05, 4.69) is 0 Å². The first-order valence-electron chi connectivity index (χ1n) is 8.83. The van der Waals surface area contributed by atoms with E-state index in [1.165, 1.54) is 9.80 Å². The predicted molar refractivity (Wildman–Crippen MR) is 94.1 cm³/mol. The SMILES string of the molecule is CCOC(=O)C(=O)N1CCN(C(C)C(=O)N(C)C2CCS(=O)(=O)C2)CC1. The molecule has 10 heteroatoms. The summed E-state index contributed by atoms with van der Waals surface area (Å²) in [4.78, 5) is 41.0. The number of carbonyl (C=O) groups is 3. The minimum Gasteiger partial charge on any atom is -0.459 e. The molecule has 2 unspecified atom stereocenters. The van der Waals surface area contributed by atoms with Crippen molar-refractivity contribution in [3.05, 3.63) is 0 Å². The maximum atomic E-state index is 12.7. The molecular weight excluding hydrogens is 362 g/mol. The number of esters is 1. The number of ether oxygens (including phenoxy) is 1. The Labute approximate surface area is 154 Å². The molecular formula is C16H27N3O6S. The lowest BCUT2D eigenvalue weighted by Crippen LogP contribution is -2.57. The number of piperazine rings is 1. The largest absolute Gasteiger partial charge is 0.459 e. The first kappa shape index (κ1) is 20.6. The summed E-state index contributed by atoms with van der Waals surface area (Å²) in [7, 11) is -1.41. The normalized spacial score (nSPS) is 24.1. The summed E-state index contributed by atoms with van der Waals surface area (Å²) in [6.45, 7) is 5.20.